The molecule has 0 spiro atoms. The molecule has 2 N–H and O–H groups in total. The van der Waals surface area contributed by atoms with Crippen LogP contribution in [0.2, 0.25) is 0 Å². The Morgan fingerprint density at radius 3 is 2.56 bits per heavy atom. The van der Waals surface area contributed by atoms with E-state index in [1.165, 1.54) is 44.2 Å². The van der Waals surface area contributed by atoms with Crippen molar-refractivity contribution in [2.24, 2.45) is 17.6 Å². The molecule has 1 aliphatic rings. The molecule has 0 saturated heterocycles. The topological polar surface area (TPSA) is 26.0 Å². The van der Waals surface area contributed by atoms with E-state index >= 15 is 0 Å². The van der Waals surface area contributed by atoms with Crippen LogP contribution in [-0.4, -0.2) is 0 Å². The highest BCUT2D eigenvalue weighted by atomic mass is 19.1. The Labute approximate surface area is 110 Å². The minimum atomic E-state index is -0.332. The Bertz CT molecular complexity index is 383. The maximum absolute atomic E-state index is 13.0. The normalized spacial score (nSPS) is 27.8. The molecule has 1 nitrogen and oxygen atoms in total. The summed E-state index contributed by atoms with van der Waals surface area (Å²) < 4.78 is 13.0. The smallest absolute Gasteiger partial charge is 0.123 e. The second kappa shape index (κ2) is 5.40. The second-order valence-corrected chi connectivity index (χ2v) is 5.93. The Balaban J connectivity index is 2.16. The molecule has 2 rings (SSSR count). The predicted octanol–water partition coefficient (Wildman–Crippen LogP) is 4.22. The third-order valence-corrected chi connectivity index (χ3v) is 4.67. The summed E-state index contributed by atoms with van der Waals surface area (Å²) in [5, 5.41) is 0. The van der Waals surface area contributed by atoms with Crippen LogP contribution in [0, 0.1) is 17.7 Å². The third-order valence-electron chi connectivity index (χ3n) is 4.67. The largest absolute Gasteiger partial charge is 0.321 e. The van der Waals surface area contributed by atoms with E-state index < -0.39 is 0 Å². The second-order valence-electron chi connectivity index (χ2n) is 5.93. The van der Waals surface area contributed by atoms with Crippen molar-refractivity contribution in [3.05, 3.63) is 35.6 Å². The van der Waals surface area contributed by atoms with Gasteiger partial charge < -0.3 is 5.73 Å². The molecule has 1 fully saturated rings. The van der Waals surface area contributed by atoms with Crippen molar-refractivity contribution in [3.8, 4) is 0 Å². The van der Waals surface area contributed by atoms with E-state index in [-0.39, 0.29) is 11.4 Å². The van der Waals surface area contributed by atoms with Gasteiger partial charge in [-0.3, -0.25) is 0 Å². The maximum atomic E-state index is 13.0. The lowest BCUT2D eigenvalue weighted by Crippen LogP contribution is -2.43. The van der Waals surface area contributed by atoms with Gasteiger partial charge in [0, 0.05) is 5.54 Å². The Morgan fingerprint density at radius 2 is 1.94 bits per heavy atom. The van der Waals surface area contributed by atoms with Crippen molar-refractivity contribution in [2.45, 2.75) is 51.5 Å². The minimum Gasteiger partial charge on any atom is -0.321 e. The quantitative estimate of drug-likeness (QED) is 0.853. The van der Waals surface area contributed by atoms with E-state index in [1.807, 2.05) is 12.1 Å². The van der Waals surface area contributed by atoms with Gasteiger partial charge in [0.2, 0.25) is 0 Å². The van der Waals surface area contributed by atoms with Gasteiger partial charge >= 0.3 is 0 Å². The van der Waals surface area contributed by atoms with E-state index in [0.29, 0.717) is 5.92 Å². The monoisotopic (exact) mass is 249 g/mol. The summed E-state index contributed by atoms with van der Waals surface area (Å²) in [6, 6.07) is 6.71. The third kappa shape index (κ3) is 2.74. The number of hydrogen-bond donors (Lipinski definition) is 1. The van der Waals surface area contributed by atoms with Gasteiger partial charge in [0.25, 0.3) is 0 Å². The van der Waals surface area contributed by atoms with E-state index in [9.17, 15) is 4.39 Å². The SMILES string of the molecule is CCC1CCCC(C(C)(N)c2ccc(F)cc2)C1. The van der Waals surface area contributed by atoms with E-state index in [0.717, 1.165) is 11.5 Å². The summed E-state index contributed by atoms with van der Waals surface area (Å²) in [7, 11) is 0. The lowest BCUT2D eigenvalue weighted by atomic mass is 9.69. The van der Waals surface area contributed by atoms with Gasteiger partial charge in [-0.05, 0) is 49.3 Å². The molecule has 1 saturated carbocycles. The van der Waals surface area contributed by atoms with Crippen molar-refractivity contribution in [2.75, 3.05) is 0 Å². The van der Waals surface area contributed by atoms with E-state index in [1.54, 1.807) is 0 Å². The molecule has 3 unspecified atom stereocenters. The molecule has 2 heteroatoms. The van der Waals surface area contributed by atoms with E-state index in [2.05, 4.69) is 13.8 Å². The fourth-order valence-corrected chi connectivity index (χ4v) is 3.25. The first-order valence-corrected chi connectivity index (χ1v) is 7.09. The first-order valence-electron chi connectivity index (χ1n) is 7.09. The summed E-state index contributed by atoms with van der Waals surface area (Å²) in [6.07, 6.45) is 6.27. The summed E-state index contributed by atoms with van der Waals surface area (Å²) in [5.74, 6) is 1.14. The highest BCUT2D eigenvalue weighted by Crippen LogP contribution is 2.40. The highest BCUT2D eigenvalue weighted by Gasteiger charge is 2.35. The molecule has 3 atom stereocenters. The minimum absolute atomic E-state index is 0.190. The number of hydrogen-bond acceptors (Lipinski definition) is 1. The van der Waals surface area contributed by atoms with Gasteiger partial charge in [-0.2, -0.15) is 0 Å². The zero-order valence-electron chi connectivity index (χ0n) is 11.5. The van der Waals surface area contributed by atoms with Crippen molar-refractivity contribution in [1.82, 2.24) is 0 Å². The average molecular weight is 249 g/mol. The Hall–Kier alpha value is -0.890. The van der Waals surface area contributed by atoms with Gasteiger partial charge in [-0.1, -0.05) is 38.3 Å². The fourth-order valence-electron chi connectivity index (χ4n) is 3.25. The molecule has 100 valence electrons. The molecule has 1 aromatic carbocycles. The Kier molecular flexibility index (Phi) is 4.06. The summed E-state index contributed by atoms with van der Waals surface area (Å²) in [6.45, 7) is 4.36. The Morgan fingerprint density at radius 1 is 1.28 bits per heavy atom. The molecule has 0 amide bonds. The molecule has 1 aromatic rings. The van der Waals surface area contributed by atoms with Crippen LogP contribution < -0.4 is 5.73 Å². The van der Waals surface area contributed by atoms with Crippen LogP contribution in [0.25, 0.3) is 0 Å². The standard InChI is InChI=1S/C16H24FN/c1-3-12-5-4-6-14(11-12)16(2,18)13-7-9-15(17)10-8-13/h7-10,12,14H,3-6,11,18H2,1-2H3. The van der Waals surface area contributed by atoms with Gasteiger partial charge in [-0.15, -0.1) is 0 Å². The maximum Gasteiger partial charge on any atom is 0.123 e. The van der Waals surface area contributed by atoms with Crippen molar-refractivity contribution in [3.63, 3.8) is 0 Å². The first-order chi connectivity index (χ1) is 8.54. The lowest BCUT2D eigenvalue weighted by Gasteiger charge is -2.40. The lowest BCUT2D eigenvalue weighted by molar-refractivity contribution is 0.173. The van der Waals surface area contributed by atoms with Crippen LogP contribution in [0.1, 0.15) is 51.5 Å². The molecule has 0 aromatic heterocycles. The van der Waals surface area contributed by atoms with Gasteiger partial charge in [0.15, 0.2) is 0 Å². The number of halogens is 1. The summed E-state index contributed by atoms with van der Waals surface area (Å²) >= 11 is 0. The molecular weight excluding hydrogens is 225 g/mol. The van der Waals surface area contributed by atoms with Gasteiger partial charge in [0.05, 0.1) is 0 Å². The molecular formula is C16H24FN. The van der Waals surface area contributed by atoms with Gasteiger partial charge in [0.1, 0.15) is 5.82 Å². The predicted molar refractivity (Wildman–Crippen MR) is 73.7 cm³/mol. The zero-order chi connectivity index (χ0) is 13.2. The molecule has 0 bridgehead atoms. The van der Waals surface area contributed by atoms with Crippen LogP contribution >= 0.6 is 0 Å². The number of benzene rings is 1. The summed E-state index contributed by atoms with van der Waals surface area (Å²) in [5.41, 5.74) is 7.29. The van der Waals surface area contributed by atoms with Crippen molar-refractivity contribution in [1.29, 1.82) is 0 Å². The number of rotatable bonds is 3. The fraction of sp³-hybridized carbons (Fsp3) is 0.625. The molecule has 1 aliphatic carbocycles. The van der Waals surface area contributed by atoms with E-state index in [4.69, 9.17) is 5.73 Å². The van der Waals surface area contributed by atoms with Gasteiger partial charge in [-0.25, -0.2) is 4.39 Å². The number of nitrogens with two attached hydrogens (primary N) is 1. The van der Waals surface area contributed by atoms with Crippen LogP contribution in [0.15, 0.2) is 24.3 Å². The van der Waals surface area contributed by atoms with Crippen LogP contribution in [0.3, 0.4) is 0 Å². The van der Waals surface area contributed by atoms with Crippen LogP contribution in [0.5, 0.6) is 0 Å². The van der Waals surface area contributed by atoms with Crippen molar-refractivity contribution >= 4 is 0 Å². The van der Waals surface area contributed by atoms with Crippen LogP contribution in [0.4, 0.5) is 4.39 Å². The highest BCUT2D eigenvalue weighted by molar-refractivity contribution is 5.25. The molecule has 0 radical (unpaired) electrons. The first kappa shape index (κ1) is 13.5. The molecule has 0 heterocycles. The van der Waals surface area contributed by atoms with Crippen LogP contribution in [-0.2, 0) is 5.54 Å². The van der Waals surface area contributed by atoms with Crippen molar-refractivity contribution < 1.29 is 4.39 Å². The molecule has 0 aliphatic heterocycles. The average Bonchev–Trinajstić information content (AvgIpc) is 2.39. The summed E-state index contributed by atoms with van der Waals surface area (Å²) in [4.78, 5) is 0. The molecule has 18 heavy (non-hydrogen) atoms. The zero-order valence-corrected chi connectivity index (χ0v) is 11.5.